The molecule has 0 bridgehead atoms. The van der Waals surface area contributed by atoms with Gasteiger partial charge in [0.25, 0.3) is 5.91 Å². The van der Waals surface area contributed by atoms with Gasteiger partial charge in [-0.2, -0.15) is 0 Å². The van der Waals surface area contributed by atoms with Gasteiger partial charge in [0.2, 0.25) is 5.13 Å². The molecule has 26 heavy (non-hydrogen) atoms. The highest BCUT2D eigenvalue weighted by molar-refractivity contribution is 7.15. The molecule has 3 rings (SSSR count). The van der Waals surface area contributed by atoms with E-state index in [0.29, 0.717) is 29.0 Å². The minimum absolute atomic E-state index is 0.150. The Morgan fingerprint density at radius 1 is 1.38 bits per heavy atom. The minimum atomic E-state index is -0.209. The maximum atomic E-state index is 12.5. The summed E-state index contributed by atoms with van der Waals surface area (Å²) < 4.78 is 11.3. The lowest BCUT2D eigenvalue weighted by atomic mass is 10.1. The molecule has 0 aliphatic carbocycles. The van der Waals surface area contributed by atoms with E-state index in [4.69, 9.17) is 9.47 Å². The molecule has 1 unspecified atom stereocenters. The third-order valence-corrected chi connectivity index (χ3v) is 5.55. The average Bonchev–Trinajstić information content (AvgIpc) is 3.34. The molecule has 1 saturated heterocycles. The van der Waals surface area contributed by atoms with Crippen LogP contribution in [0.3, 0.4) is 0 Å². The molecule has 0 radical (unpaired) electrons. The molecule has 2 heterocycles. The highest BCUT2D eigenvalue weighted by Crippen LogP contribution is 2.28. The van der Waals surface area contributed by atoms with Crippen molar-refractivity contribution in [1.29, 1.82) is 0 Å². The molecule has 6 nitrogen and oxygen atoms in total. The summed E-state index contributed by atoms with van der Waals surface area (Å²) in [6.07, 6.45) is 4.29. The Labute approximate surface area is 157 Å². The zero-order chi connectivity index (χ0) is 18.4. The fraction of sp³-hybridized carbons (Fsp3) is 0.526. The predicted octanol–water partition coefficient (Wildman–Crippen LogP) is 4.25. The normalized spacial score (nSPS) is 16.8. The van der Waals surface area contributed by atoms with Gasteiger partial charge in [-0.1, -0.05) is 31.3 Å². The first-order valence-electron chi connectivity index (χ1n) is 9.18. The Bertz CT molecular complexity index is 724. The Hall–Kier alpha value is -1.99. The molecule has 140 valence electrons. The number of nitrogens with zero attached hydrogens (tertiary/aromatic N) is 2. The molecule has 1 N–H and O–H groups in total. The quantitative estimate of drug-likeness (QED) is 0.746. The smallest absolute Gasteiger partial charge is 0.257 e. The van der Waals surface area contributed by atoms with Crippen molar-refractivity contribution >= 4 is 22.4 Å². The maximum Gasteiger partial charge on any atom is 0.257 e. The summed E-state index contributed by atoms with van der Waals surface area (Å²) in [7, 11) is 0. The zero-order valence-electron chi connectivity index (χ0n) is 15.2. The number of rotatable bonds is 8. The fourth-order valence-corrected chi connectivity index (χ4v) is 3.95. The Kier molecular flexibility index (Phi) is 6.57. The average molecular weight is 375 g/mol. The van der Waals surface area contributed by atoms with Gasteiger partial charge in [-0.05, 0) is 43.9 Å². The Balaban J connectivity index is 1.59. The van der Waals surface area contributed by atoms with E-state index in [-0.39, 0.29) is 12.0 Å². The van der Waals surface area contributed by atoms with E-state index in [1.165, 1.54) is 11.3 Å². The van der Waals surface area contributed by atoms with Crippen molar-refractivity contribution < 1.29 is 14.3 Å². The van der Waals surface area contributed by atoms with E-state index in [1.807, 2.05) is 12.1 Å². The molecular weight excluding hydrogens is 350 g/mol. The molecule has 1 aromatic heterocycles. The zero-order valence-corrected chi connectivity index (χ0v) is 16.1. The van der Waals surface area contributed by atoms with Crippen molar-refractivity contribution in [1.82, 2.24) is 10.2 Å². The van der Waals surface area contributed by atoms with Crippen LogP contribution in [0.15, 0.2) is 24.3 Å². The number of hydrogen-bond donors (Lipinski definition) is 1. The third-order valence-electron chi connectivity index (χ3n) is 4.55. The second-order valence-electron chi connectivity index (χ2n) is 6.39. The largest absolute Gasteiger partial charge is 0.491 e. The van der Waals surface area contributed by atoms with Crippen molar-refractivity contribution in [2.75, 3.05) is 18.5 Å². The summed E-state index contributed by atoms with van der Waals surface area (Å²) in [5, 5.41) is 12.6. The fourth-order valence-electron chi connectivity index (χ4n) is 2.95. The maximum absolute atomic E-state index is 12.5. The van der Waals surface area contributed by atoms with Crippen molar-refractivity contribution in [3.05, 3.63) is 34.8 Å². The molecule has 1 aliphatic rings. The SMILES string of the molecule is CCC(CC)c1nnc(NC(=O)c2cccc(OCC3CCCO3)c2)s1. The van der Waals surface area contributed by atoms with Crippen LogP contribution in [-0.4, -0.2) is 35.4 Å². The van der Waals surface area contributed by atoms with Crippen LogP contribution in [0.2, 0.25) is 0 Å². The number of anilines is 1. The second kappa shape index (κ2) is 9.09. The molecular formula is C19H25N3O3S. The minimum Gasteiger partial charge on any atom is -0.491 e. The standard InChI is InChI=1S/C19H25N3O3S/c1-3-13(4-2)18-21-22-19(26-18)20-17(23)14-7-5-8-15(11-14)25-12-16-9-6-10-24-16/h5,7-8,11,13,16H,3-4,6,9-10,12H2,1-2H3,(H,20,22,23). The summed E-state index contributed by atoms with van der Waals surface area (Å²) >= 11 is 1.44. The summed E-state index contributed by atoms with van der Waals surface area (Å²) in [5.41, 5.74) is 0.536. The lowest BCUT2D eigenvalue weighted by Crippen LogP contribution is -2.17. The van der Waals surface area contributed by atoms with Gasteiger partial charge in [-0.25, -0.2) is 0 Å². The van der Waals surface area contributed by atoms with Gasteiger partial charge in [-0.15, -0.1) is 10.2 Å². The highest BCUT2D eigenvalue weighted by atomic mass is 32.1. The number of nitrogens with one attached hydrogen (secondary N) is 1. The van der Waals surface area contributed by atoms with E-state index in [1.54, 1.807) is 12.1 Å². The number of carbonyl (C=O) groups is 1. The molecule has 0 spiro atoms. The second-order valence-corrected chi connectivity index (χ2v) is 7.40. The molecule has 2 aromatic rings. The van der Waals surface area contributed by atoms with Crippen LogP contribution < -0.4 is 10.1 Å². The van der Waals surface area contributed by atoms with Gasteiger partial charge in [0, 0.05) is 18.1 Å². The van der Waals surface area contributed by atoms with Crippen LogP contribution >= 0.6 is 11.3 Å². The monoisotopic (exact) mass is 375 g/mol. The number of ether oxygens (including phenoxy) is 2. The number of benzene rings is 1. The van der Waals surface area contributed by atoms with Crippen molar-refractivity contribution in [2.24, 2.45) is 0 Å². The first kappa shape index (κ1) is 18.8. The number of carbonyl (C=O) groups excluding carboxylic acids is 1. The van der Waals surface area contributed by atoms with Crippen LogP contribution in [0, 0.1) is 0 Å². The topological polar surface area (TPSA) is 73.3 Å². The van der Waals surface area contributed by atoms with Gasteiger partial charge >= 0.3 is 0 Å². The van der Waals surface area contributed by atoms with E-state index >= 15 is 0 Å². The number of hydrogen-bond acceptors (Lipinski definition) is 6. The molecule has 1 amide bonds. The third kappa shape index (κ3) is 4.80. The van der Waals surface area contributed by atoms with Crippen molar-refractivity contribution in [2.45, 2.75) is 51.6 Å². The lowest BCUT2D eigenvalue weighted by molar-refractivity contribution is 0.0679. The van der Waals surface area contributed by atoms with E-state index in [2.05, 4.69) is 29.4 Å². The number of aromatic nitrogens is 2. The van der Waals surface area contributed by atoms with E-state index in [9.17, 15) is 4.79 Å². The Morgan fingerprint density at radius 2 is 2.23 bits per heavy atom. The lowest BCUT2D eigenvalue weighted by Gasteiger charge is -2.12. The molecule has 1 fully saturated rings. The number of amides is 1. The van der Waals surface area contributed by atoms with Gasteiger partial charge < -0.3 is 9.47 Å². The van der Waals surface area contributed by atoms with E-state index < -0.39 is 0 Å². The van der Waals surface area contributed by atoms with Crippen LogP contribution in [0.25, 0.3) is 0 Å². The summed E-state index contributed by atoms with van der Waals surface area (Å²) in [6.45, 7) is 5.59. The highest BCUT2D eigenvalue weighted by Gasteiger charge is 2.17. The first-order valence-corrected chi connectivity index (χ1v) is 10.0. The van der Waals surface area contributed by atoms with Gasteiger partial charge in [-0.3, -0.25) is 10.1 Å². The van der Waals surface area contributed by atoms with Crippen molar-refractivity contribution in [3.63, 3.8) is 0 Å². The van der Waals surface area contributed by atoms with Gasteiger partial charge in [0.1, 0.15) is 17.4 Å². The van der Waals surface area contributed by atoms with Crippen molar-refractivity contribution in [3.8, 4) is 5.75 Å². The summed E-state index contributed by atoms with van der Waals surface area (Å²) in [6, 6.07) is 7.17. The molecule has 7 heteroatoms. The van der Waals surface area contributed by atoms with E-state index in [0.717, 1.165) is 37.3 Å². The molecule has 1 atom stereocenters. The van der Waals surface area contributed by atoms with Gasteiger partial charge in [0.05, 0.1) is 6.10 Å². The summed E-state index contributed by atoms with van der Waals surface area (Å²) in [5.74, 6) is 0.857. The summed E-state index contributed by atoms with van der Waals surface area (Å²) in [4.78, 5) is 12.5. The van der Waals surface area contributed by atoms with Crippen LogP contribution in [-0.2, 0) is 4.74 Å². The molecule has 0 saturated carbocycles. The Morgan fingerprint density at radius 3 is 2.96 bits per heavy atom. The van der Waals surface area contributed by atoms with Crippen LogP contribution in [0.4, 0.5) is 5.13 Å². The van der Waals surface area contributed by atoms with Crippen LogP contribution in [0.5, 0.6) is 5.75 Å². The first-order chi connectivity index (χ1) is 12.7. The predicted molar refractivity (Wildman–Crippen MR) is 102 cm³/mol. The molecule has 1 aromatic carbocycles. The molecule has 1 aliphatic heterocycles. The van der Waals surface area contributed by atoms with Gasteiger partial charge in [0.15, 0.2) is 0 Å². The van der Waals surface area contributed by atoms with Crippen LogP contribution in [0.1, 0.15) is 60.8 Å².